The first-order valence-electron chi connectivity index (χ1n) is 6.66. The van der Waals surface area contributed by atoms with Crippen molar-refractivity contribution >= 4 is 10.0 Å². The van der Waals surface area contributed by atoms with Gasteiger partial charge in [0.15, 0.2) is 5.03 Å². The van der Waals surface area contributed by atoms with Crippen LogP contribution in [0.2, 0.25) is 0 Å². The molecule has 1 aromatic heterocycles. The monoisotopic (exact) mass is 286 g/mol. The fourth-order valence-electron chi connectivity index (χ4n) is 2.26. The third kappa shape index (κ3) is 2.98. The molecule has 0 amide bonds. The van der Waals surface area contributed by atoms with Crippen LogP contribution < -0.4 is 5.32 Å². The zero-order valence-electron chi connectivity index (χ0n) is 11.7. The van der Waals surface area contributed by atoms with Crippen molar-refractivity contribution in [2.24, 2.45) is 0 Å². The normalized spacial score (nSPS) is 22.0. The minimum Gasteiger partial charge on any atom is -0.334 e. The van der Waals surface area contributed by atoms with Gasteiger partial charge in [0.2, 0.25) is 0 Å². The van der Waals surface area contributed by atoms with Gasteiger partial charge in [-0.2, -0.15) is 4.31 Å². The van der Waals surface area contributed by atoms with Crippen molar-refractivity contribution in [2.75, 3.05) is 20.1 Å². The highest BCUT2D eigenvalue weighted by molar-refractivity contribution is 7.89. The Morgan fingerprint density at radius 2 is 2.21 bits per heavy atom. The molecule has 1 unspecified atom stereocenters. The Labute approximate surface area is 114 Å². The molecular formula is C12H22N4O2S. The van der Waals surface area contributed by atoms with E-state index in [0.29, 0.717) is 13.1 Å². The van der Waals surface area contributed by atoms with E-state index in [2.05, 4.69) is 10.3 Å². The SMILES string of the molecule is CNC1CCCN(S(=O)(=O)c2cn(C(C)C)cn2)C1. The van der Waals surface area contributed by atoms with E-state index in [1.807, 2.05) is 25.5 Å². The Bertz CT molecular complexity index is 524. The summed E-state index contributed by atoms with van der Waals surface area (Å²) in [5.41, 5.74) is 0. The van der Waals surface area contributed by atoms with Crippen molar-refractivity contribution in [3.8, 4) is 0 Å². The minimum absolute atomic E-state index is 0.151. The molecule has 2 heterocycles. The highest BCUT2D eigenvalue weighted by Crippen LogP contribution is 2.20. The summed E-state index contributed by atoms with van der Waals surface area (Å²) in [7, 11) is -1.59. The molecule has 0 saturated carbocycles. The standard InChI is InChI=1S/C12H22N4O2S/c1-10(2)15-8-12(14-9-15)19(17,18)16-6-4-5-11(7-16)13-3/h8-11,13H,4-7H2,1-3H3. The second-order valence-electron chi connectivity index (χ2n) is 5.24. The molecule has 1 fully saturated rings. The van der Waals surface area contributed by atoms with Crippen molar-refractivity contribution in [1.29, 1.82) is 0 Å². The fourth-order valence-corrected chi connectivity index (χ4v) is 3.71. The number of sulfonamides is 1. The largest absolute Gasteiger partial charge is 0.334 e. The first-order valence-corrected chi connectivity index (χ1v) is 8.10. The summed E-state index contributed by atoms with van der Waals surface area (Å²) in [5.74, 6) is 0. The third-order valence-corrected chi connectivity index (χ3v) is 5.32. The maximum absolute atomic E-state index is 12.5. The van der Waals surface area contributed by atoms with E-state index in [1.165, 1.54) is 4.31 Å². The number of aromatic nitrogens is 2. The molecule has 0 radical (unpaired) electrons. The predicted molar refractivity (Wildman–Crippen MR) is 73.5 cm³/mol. The molecule has 108 valence electrons. The van der Waals surface area contributed by atoms with E-state index in [0.717, 1.165) is 12.8 Å². The number of piperidine rings is 1. The van der Waals surface area contributed by atoms with Crippen molar-refractivity contribution < 1.29 is 8.42 Å². The van der Waals surface area contributed by atoms with E-state index < -0.39 is 10.0 Å². The molecule has 0 bridgehead atoms. The molecule has 2 rings (SSSR count). The summed E-state index contributed by atoms with van der Waals surface area (Å²) in [5, 5.41) is 3.30. The molecular weight excluding hydrogens is 264 g/mol. The van der Waals surface area contributed by atoms with Crippen LogP contribution in [-0.2, 0) is 10.0 Å². The van der Waals surface area contributed by atoms with Crippen LogP contribution in [-0.4, -0.2) is 48.5 Å². The van der Waals surface area contributed by atoms with Crippen LogP contribution in [0.25, 0.3) is 0 Å². The van der Waals surface area contributed by atoms with Gasteiger partial charge in [0, 0.05) is 31.4 Å². The van der Waals surface area contributed by atoms with Crippen molar-refractivity contribution in [3.63, 3.8) is 0 Å². The van der Waals surface area contributed by atoms with Crippen LogP contribution in [0.15, 0.2) is 17.6 Å². The van der Waals surface area contributed by atoms with Gasteiger partial charge in [0.05, 0.1) is 6.33 Å². The van der Waals surface area contributed by atoms with Gasteiger partial charge in [-0.05, 0) is 33.7 Å². The zero-order chi connectivity index (χ0) is 14.0. The van der Waals surface area contributed by atoms with Crippen LogP contribution >= 0.6 is 0 Å². The Kier molecular flexibility index (Phi) is 4.27. The highest BCUT2D eigenvalue weighted by Gasteiger charge is 2.31. The summed E-state index contributed by atoms with van der Waals surface area (Å²) in [6, 6.07) is 0.443. The minimum atomic E-state index is -3.46. The Morgan fingerprint density at radius 1 is 1.47 bits per heavy atom. The quantitative estimate of drug-likeness (QED) is 0.890. The zero-order valence-corrected chi connectivity index (χ0v) is 12.5. The molecule has 1 aliphatic rings. The van der Waals surface area contributed by atoms with Crippen LogP contribution in [0.5, 0.6) is 0 Å². The number of hydrogen-bond acceptors (Lipinski definition) is 4. The van der Waals surface area contributed by atoms with E-state index in [4.69, 9.17) is 0 Å². The van der Waals surface area contributed by atoms with Crippen LogP contribution in [0.1, 0.15) is 32.7 Å². The van der Waals surface area contributed by atoms with E-state index in [1.54, 1.807) is 12.5 Å². The van der Waals surface area contributed by atoms with Gasteiger partial charge in [-0.15, -0.1) is 0 Å². The van der Waals surface area contributed by atoms with Gasteiger partial charge >= 0.3 is 0 Å². The third-order valence-electron chi connectivity index (χ3n) is 3.57. The summed E-state index contributed by atoms with van der Waals surface area (Å²) in [6.45, 7) is 5.09. The number of likely N-dealkylation sites (N-methyl/N-ethyl adjacent to an activating group) is 1. The molecule has 0 spiro atoms. The molecule has 6 nitrogen and oxygen atoms in total. The van der Waals surface area contributed by atoms with E-state index in [9.17, 15) is 8.42 Å². The first-order chi connectivity index (χ1) is 8.95. The fraction of sp³-hybridized carbons (Fsp3) is 0.750. The summed E-state index contributed by atoms with van der Waals surface area (Å²) in [4.78, 5) is 4.05. The molecule has 7 heteroatoms. The van der Waals surface area contributed by atoms with Gasteiger partial charge in [-0.1, -0.05) is 0 Å². The number of hydrogen-bond donors (Lipinski definition) is 1. The second-order valence-corrected chi connectivity index (χ2v) is 7.13. The number of nitrogens with zero attached hydrogens (tertiary/aromatic N) is 3. The van der Waals surface area contributed by atoms with Crippen molar-refractivity contribution in [3.05, 3.63) is 12.5 Å². The molecule has 1 saturated heterocycles. The van der Waals surface area contributed by atoms with Crippen LogP contribution in [0, 0.1) is 0 Å². The number of imidazole rings is 1. The van der Waals surface area contributed by atoms with Gasteiger partial charge in [-0.25, -0.2) is 13.4 Å². The lowest BCUT2D eigenvalue weighted by Gasteiger charge is -2.31. The second kappa shape index (κ2) is 5.60. The molecule has 1 aliphatic heterocycles. The highest BCUT2D eigenvalue weighted by atomic mass is 32.2. The molecule has 1 atom stereocenters. The molecule has 1 aromatic rings. The first kappa shape index (κ1) is 14.5. The topological polar surface area (TPSA) is 67.2 Å². The number of nitrogens with one attached hydrogen (secondary N) is 1. The smallest absolute Gasteiger partial charge is 0.262 e. The maximum atomic E-state index is 12.5. The Morgan fingerprint density at radius 3 is 2.79 bits per heavy atom. The van der Waals surface area contributed by atoms with Crippen LogP contribution in [0.4, 0.5) is 0 Å². The maximum Gasteiger partial charge on any atom is 0.262 e. The molecule has 0 aliphatic carbocycles. The van der Waals surface area contributed by atoms with Crippen molar-refractivity contribution in [2.45, 2.75) is 43.8 Å². The summed E-state index contributed by atoms with van der Waals surface area (Å²) >= 11 is 0. The number of rotatable bonds is 4. The predicted octanol–water partition coefficient (Wildman–Crippen LogP) is 0.836. The van der Waals surface area contributed by atoms with Gasteiger partial charge in [0.1, 0.15) is 0 Å². The Balaban J connectivity index is 2.21. The Hall–Kier alpha value is -0.920. The van der Waals surface area contributed by atoms with Gasteiger partial charge < -0.3 is 9.88 Å². The average Bonchev–Trinajstić information content (AvgIpc) is 2.89. The average molecular weight is 286 g/mol. The van der Waals surface area contributed by atoms with E-state index in [-0.39, 0.29) is 17.1 Å². The van der Waals surface area contributed by atoms with Gasteiger partial charge in [0.25, 0.3) is 10.0 Å². The van der Waals surface area contributed by atoms with Crippen molar-refractivity contribution in [1.82, 2.24) is 19.2 Å². The molecule has 19 heavy (non-hydrogen) atoms. The van der Waals surface area contributed by atoms with Gasteiger partial charge in [-0.3, -0.25) is 0 Å². The van der Waals surface area contributed by atoms with E-state index >= 15 is 0 Å². The van der Waals surface area contributed by atoms with Crippen LogP contribution in [0.3, 0.4) is 0 Å². The molecule has 1 N–H and O–H groups in total. The lowest BCUT2D eigenvalue weighted by molar-refractivity contribution is 0.292. The lowest BCUT2D eigenvalue weighted by atomic mass is 10.1. The molecule has 0 aromatic carbocycles. The lowest BCUT2D eigenvalue weighted by Crippen LogP contribution is -2.46. The summed E-state index contributed by atoms with van der Waals surface area (Å²) in [6.07, 6.45) is 5.10. The summed E-state index contributed by atoms with van der Waals surface area (Å²) < 4.78 is 28.4.